The highest BCUT2D eigenvalue weighted by atomic mass is 16.5. The fourth-order valence-corrected chi connectivity index (χ4v) is 3.50. The highest BCUT2D eigenvalue weighted by Crippen LogP contribution is 2.35. The van der Waals surface area contributed by atoms with Gasteiger partial charge in [0.1, 0.15) is 5.69 Å². The van der Waals surface area contributed by atoms with E-state index in [0.717, 1.165) is 38.6 Å². The molecule has 4 heteroatoms. The lowest BCUT2D eigenvalue weighted by Crippen LogP contribution is -2.08. The summed E-state index contributed by atoms with van der Waals surface area (Å²) < 4.78 is 7.35. The van der Waals surface area contributed by atoms with E-state index in [9.17, 15) is 4.79 Å². The molecule has 0 fully saturated rings. The van der Waals surface area contributed by atoms with Crippen LogP contribution in [0.25, 0.3) is 33.1 Å². The van der Waals surface area contributed by atoms with E-state index in [4.69, 9.17) is 9.72 Å². The van der Waals surface area contributed by atoms with E-state index in [1.54, 1.807) is 6.92 Å². The molecule has 2 heterocycles. The third-order valence-electron chi connectivity index (χ3n) is 4.66. The molecule has 0 aliphatic heterocycles. The van der Waals surface area contributed by atoms with Gasteiger partial charge >= 0.3 is 5.97 Å². The largest absolute Gasteiger partial charge is 0.461 e. The second kappa shape index (κ2) is 6.30. The van der Waals surface area contributed by atoms with Crippen LogP contribution in [0.15, 0.2) is 54.6 Å². The molecule has 0 atom stereocenters. The Balaban J connectivity index is 2.12. The highest BCUT2D eigenvalue weighted by Gasteiger charge is 2.19. The molecule has 130 valence electrons. The van der Waals surface area contributed by atoms with Gasteiger partial charge in [0.25, 0.3) is 0 Å². The minimum absolute atomic E-state index is 0.327. The van der Waals surface area contributed by atoms with Crippen LogP contribution in [0, 0.1) is 6.92 Å². The maximum absolute atomic E-state index is 12.4. The molecule has 0 amide bonds. The van der Waals surface area contributed by atoms with Crippen LogP contribution in [0.1, 0.15) is 23.0 Å². The van der Waals surface area contributed by atoms with Gasteiger partial charge in [-0.3, -0.25) is 0 Å². The first kappa shape index (κ1) is 16.3. The second-order valence-corrected chi connectivity index (χ2v) is 6.42. The zero-order valence-electron chi connectivity index (χ0n) is 15.1. The molecule has 4 nitrogen and oxygen atoms in total. The zero-order chi connectivity index (χ0) is 18.3. The summed E-state index contributed by atoms with van der Waals surface area (Å²) in [4.78, 5) is 17.1. The van der Waals surface area contributed by atoms with E-state index in [1.165, 1.54) is 0 Å². The quantitative estimate of drug-likeness (QED) is 0.498. The Kier molecular flexibility index (Phi) is 3.96. The van der Waals surface area contributed by atoms with Crippen molar-refractivity contribution in [2.24, 2.45) is 7.05 Å². The maximum atomic E-state index is 12.4. The average Bonchev–Trinajstić information content (AvgIpc) is 2.94. The van der Waals surface area contributed by atoms with Crippen LogP contribution in [0.3, 0.4) is 0 Å². The van der Waals surface area contributed by atoms with Gasteiger partial charge in [0, 0.05) is 28.9 Å². The summed E-state index contributed by atoms with van der Waals surface area (Å²) in [5, 5.41) is 2.12. The number of carbonyl (C=O) groups is 1. The Morgan fingerprint density at radius 3 is 2.65 bits per heavy atom. The number of pyridine rings is 1. The lowest BCUT2D eigenvalue weighted by atomic mass is 10.0. The molecule has 26 heavy (non-hydrogen) atoms. The number of aromatic nitrogens is 2. The SMILES string of the molecule is CCOC(=O)c1cc2c3ccccc3n(C)c2c(-c2cccc(C)c2)n1. The Labute approximate surface area is 152 Å². The first-order chi connectivity index (χ1) is 12.6. The fraction of sp³-hybridized carbons (Fsp3) is 0.182. The molecular formula is C22H20N2O2. The molecule has 0 N–H and O–H groups in total. The van der Waals surface area contributed by atoms with Crippen molar-refractivity contribution in [3.05, 3.63) is 65.9 Å². The van der Waals surface area contributed by atoms with Gasteiger partial charge in [-0.1, -0.05) is 42.0 Å². The average molecular weight is 344 g/mol. The van der Waals surface area contributed by atoms with Crippen LogP contribution in [-0.2, 0) is 11.8 Å². The number of nitrogens with zero attached hydrogens (tertiary/aromatic N) is 2. The first-order valence-electron chi connectivity index (χ1n) is 8.72. The number of carbonyl (C=O) groups excluding carboxylic acids is 1. The summed E-state index contributed by atoms with van der Waals surface area (Å²) in [7, 11) is 2.04. The van der Waals surface area contributed by atoms with Crippen molar-refractivity contribution in [3.8, 4) is 11.3 Å². The Bertz CT molecular complexity index is 1140. The molecule has 2 aromatic heterocycles. The number of benzene rings is 2. The number of esters is 1. The van der Waals surface area contributed by atoms with Crippen LogP contribution < -0.4 is 0 Å². The van der Waals surface area contributed by atoms with Gasteiger partial charge in [-0.05, 0) is 32.0 Å². The number of fused-ring (bicyclic) bond motifs is 3. The third-order valence-corrected chi connectivity index (χ3v) is 4.66. The molecule has 0 unspecified atom stereocenters. The Morgan fingerprint density at radius 1 is 1.08 bits per heavy atom. The van der Waals surface area contributed by atoms with Gasteiger partial charge in [0.15, 0.2) is 0 Å². The van der Waals surface area contributed by atoms with Crippen LogP contribution in [-0.4, -0.2) is 22.1 Å². The van der Waals surface area contributed by atoms with Gasteiger partial charge in [0.05, 0.1) is 17.8 Å². The van der Waals surface area contributed by atoms with Crippen LogP contribution in [0.4, 0.5) is 0 Å². The maximum Gasteiger partial charge on any atom is 0.356 e. The summed E-state index contributed by atoms with van der Waals surface area (Å²) in [6, 6.07) is 18.2. The van der Waals surface area contributed by atoms with Gasteiger partial charge in [-0.2, -0.15) is 0 Å². The number of hydrogen-bond donors (Lipinski definition) is 0. The molecule has 4 rings (SSSR count). The molecular weight excluding hydrogens is 324 g/mol. The zero-order valence-corrected chi connectivity index (χ0v) is 15.1. The fourth-order valence-electron chi connectivity index (χ4n) is 3.50. The second-order valence-electron chi connectivity index (χ2n) is 6.42. The van der Waals surface area contributed by atoms with Gasteiger partial charge in [0.2, 0.25) is 0 Å². The van der Waals surface area contributed by atoms with E-state index in [0.29, 0.717) is 12.3 Å². The predicted octanol–water partition coefficient (Wildman–Crippen LogP) is 4.88. The number of hydrogen-bond acceptors (Lipinski definition) is 3. The molecule has 0 saturated heterocycles. The van der Waals surface area contributed by atoms with E-state index < -0.39 is 5.97 Å². The van der Waals surface area contributed by atoms with E-state index in [1.807, 2.05) is 37.4 Å². The Morgan fingerprint density at radius 2 is 1.88 bits per heavy atom. The number of ether oxygens (including phenoxy) is 1. The number of rotatable bonds is 3. The van der Waals surface area contributed by atoms with Crippen molar-refractivity contribution in [2.75, 3.05) is 6.61 Å². The minimum Gasteiger partial charge on any atom is -0.461 e. The van der Waals surface area contributed by atoms with Gasteiger partial charge in [-0.25, -0.2) is 9.78 Å². The summed E-state index contributed by atoms with van der Waals surface area (Å²) in [6.07, 6.45) is 0. The smallest absolute Gasteiger partial charge is 0.356 e. The summed E-state index contributed by atoms with van der Waals surface area (Å²) in [6.45, 7) is 4.18. The predicted molar refractivity (Wildman–Crippen MR) is 104 cm³/mol. The summed E-state index contributed by atoms with van der Waals surface area (Å²) in [5.41, 5.74) is 5.41. The molecule has 0 bridgehead atoms. The van der Waals surface area contributed by atoms with E-state index in [2.05, 4.69) is 35.8 Å². The van der Waals surface area contributed by atoms with Crippen LogP contribution >= 0.6 is 0 Å². The molecule has 0 aliphatic carbocycles. The van der Waals surface area contributed by atoms with Crippen molar-refractivity contribution in [2.45, 2.75) is 13.8 Å². The molecule has 2 aromatic carbocycles. The van der Waals surface area contributed by atoms with Gasteiger partial charge in [-0.15, -0.1) is 0 Å². The normalized spacial score (nSPS) is 11.2. The van der Waals surface area contributed by atoms with Gasteiger partial charge < -0.3 is 9.30 Å². The van der Waals surface area contributed by atoms with Crippen LogP contribution in [0.5, 0.6) is 0 Å². The van der Waals surface area contributed by atoms with Crippen molar-refractivity contribution in [1.29, 1.82) is 0 Å². The topological polar surface area (TPSA) is 44.1 Å². The monoisotopic (exact) mass is 344 g/mol. The van der Waals surface area contributed by atoms with Crippen molar-refractivity contribution in [1.82, 2.24) is 9.55 Å². The van der Waals surface area contributed by atoms with Crippen molar-refractivity contribution < 1.29 is 9.53 Å². The number of aryl methyl sites for hydroxylation is 2. The van der Waals surface area contributed by atoms with Crippen LogP contribution in [0.2, 0.25) is 0 Å². The lowest BCUT2D eigenvalue weighted by molar-refractivity contribution is 0.0520. The minimum atomic E-state index is -0.392. The number of para-hydroxylation sites is 1. The Hall–Kier alpha value is -3.14. The van der Waals surface area contributed by atoms with E-state index >= 15 is 0 Å². The molecule has 4 aromatic rings. The van der Waals surface area contributed by atoms with Crippen molar-refractivity contribution >= 4 is 27.8 Å². The summed E-state index contributed by atoms with van der Waals surface area (Å²) >= 11 is 0. The standard InChI is InChI=1S/C22H20N2O2/c1-4-26-22(25)18-13-17-16-10-5-6-11-19(16)24(3)21(17)20(23-18)15-9-7-8-14(2)12-15/h5-13H,4H2,1-3H3. The van der Waals surface area contributed by atoms with E-state index in [-0.39, 0.29) is 0 Å². The third kappa shape index (κ3) is 2.54. The molecule has 0 spiro atoms. The molecule has 0 aliphatic rings. The summed E-state index contributed by atoms with van der Waals surface area (Å²) in [5.74, 6) is -0.392. The highest BCUT2D eigenvalue weighted by molar-refractivity contribution is 6.13. The van der Waals surface area contributed by atoms with Crippen molar-refractivity contribution in [3.63, 3.8) is 0 Å². The molecule has 0 radical (unpaired) electrons. The first-order valence-corrected chi connectivity index (χ1v) is 8.72. The lowest BCUT2D eigenvalue weighted by Gasteiger charge is -2.09. The molecule has 0 saturated carbocycles.